The lowest BCUT2D eigenvalue weighted by molar-refractivity contribution is -0.144. The number of aliphatic carboxylic acids is 1. The lowest BCUT2D eigenvalue weighted by Gasteiger charge is -2.37. The maximum Gasteiger partial charge on any atom is 0.306 e. The van der Waals surface area contributed by atoms with Crippen molar-refractivity contribution in [1.29, 1.82) is 0 Å². The van der Waals surface area contributed by atoms with Crippen LogP contribution in [0.5, 0.6) is 0 Å². The van der Waals surface area contributed by atoms with E-state index >= 15 is 0 Å². The number of carboxylic acids is 1. The van der Waals surface area contributed by atoms with Gasteiger partial charge in [0.2, 0.25) is 5.95 Å². The molecule has 7 heteroatoms. The van der Waals surface area contributed by atoms with Crippen molar-refractivity contribution in [2.24, 2.45) is 17.3 Å². The summed E-state index contributed by atoms with van der Waals surface area (Å²) in [6.07, 6.45) is 9.43. The lowest BCUT2D eigenvalue weighted by atomic mass is 9.71. The van der Waals surface area contributed by atoms with Gasteiger partial charge in [-0.3, -0.25) is 9.59 Å². The van der Waals surface area contributed by atoms with E-state index in [1.807, 2.05) is 23.1 Å². The van der Waals surface area contributed by atoms with Crippen LogP contribution in [0.2, 0.25) is 0 Å². The molecule has 1 aliphatic carbocycles. The number of aromatic nitrogens is 2. The summed E-state index contributed by atoms with van der Waals surface area (Å²) >= 11 is 0. The third-order valence-electron chi connectivity index (χ3n) is 8.43. The molecule has 0 radical (unpaired) electrons. The predicted molar refractivity (Wildman–Crippen MR) is 132 cm³/mol. The maximum atomic E-state index is 13.3. The molecule has 2 atom stereocenters. The molecule has 1 saturated carbocycles. The number of benzene rings is 1. The number of carbonyl (C=O) groups is 2. The zero-order chi connectivity index (χ0) is 24.0. The fraction of sp³-hybridized carbons (Fsp3) is 0.630. The van der Waals surface area contributed by atoms with Crippen LogP contribution in [0.4, 0.5) is 5.95 Å². The highest BCUT2D eigenvalue weighted by Gasteiger charge is 2.45. The number of nitrogens with one attached hydrogen (secondary N) is 1. The van der Waals surface area contributed by atoms with Crippen LogP contribution >= 0.6 is 0 Å². The minimum Gasteiger partial charge on any atom is -0.481 e. The number of hydrogen-bond acceptors (Lipinski definition) is 5. The second kappa shape index (κ2) is 8.82. The zero-order valence-corrected chi connectivity index (χ0v) is 20.5. The van der Waals surface area contributed by atoms with Crippen LogP contribution in [0.1, 0.15) is 82.5 Å². The Kier molecular flexibility index (Phi) is 5.98. The molecule has 3 heterocycles. The predicted octanol–water partition coefficient (Wildman–Crippen LogP) is 5.11. The molecule has 1 aromatic carbocycles. The second-order valence-electron chi connectivity index (χ2n) is 11.6. The van der Waals surface area contributed by atoms with Crippen molar-refractivity contribution < 1.29 is 14.7 Å². The molecule has 0 spiro atoms. The molecule has 3 aliphatic rings. The Labute approximate surface area is 201 Å². The van der Waals surface area contributed by atoms with Gasteiger partial charge in [0, 0.05) is 35.3 Å². The standard InChI is InChI=1S/C27H36N4O3/c1-27(2,3)19-5-7-20(8-6-19)29-26-28-15-18-12-16(4-11-23(18)30-26)24(32)31-21-9-10-22(31)14-17(13-21)25(33)34/h4,11-12,15,17,19-22H,5-10,13-14H2,1-3H3,(H,33,34)(H,28,29,30). The summed E-state index contributed by atoms with van der Waals surface area (Å²) < 4.78 is 0. The summed E-state index contributed by atoms with van der Waals surface area (Å²) in [5.74, 6) is 0.347. The van der Waals surface area contributed by atoms with Crippen LogP contribution in [0.15, 0.2) is 24.4 Å². The van der Waals surface area contributed by atoms with E-state index in [2.05, 4.69) is 31.1 Å². The number of piperidine rings is 1. The van der Waals surface area contributed by atoms with Crippen LogP contribution in [0.25, 0.3) is 10.9 Å². The van der Waals surface area contributed by atoms with Crippen molar-refractivity contribution in [3.05, 3.63) is 30.0 Å². The quantitative estimate of drug-likeness (QED) is 0.652. The minimum absolute atomic E-state index is 0.00366. The van der Waals surface area contributed by atoms with Gasteiger partial charge in [0.25, 0.3) is 5.91 Å². The molecule has 2 N–H and O–H groups in total. The van der Waals surface area contributed by atoms with Crippen molar-refractivity contribution in [2.45, 2.75) is 90.3 Å². The Bertz CT molecular complexity index is 1070. The van der Waals surface area contributed by atoms with Crippen LogP contribution in [0.3, 0.4) is 0 Å². The number of fused-ring (bicyclic) bond motifs is 3. The molecular weight excluding hydrogens is 428 g/mol. The smallest absolute Gasteiger partial charge is 0.306 e. The molecule has 2 aromatic rings. The van der Waals surface area contributed by atoms with Crippen LogP contribution < -0.4 is 5.32 Å². The molecule has 3 fully saturated rings. The number of carbonyl (C=O) groups excluding carboxylic acids is 1. The molecule has 2 unspecified atom stereocenters. The fourth-order valence-electron chi connectivity index (χ4n) is 6.38. The van der Waals surface area contributed by atoms with Gasteiger partial charge in [0.15, 0.2) is 0 Å². The first kappa shape index (κ1) is 23.1. The third kappa shape index (κ3) is 4.49. The molecular formula is C27H36N4O3. The third-order valence-corrected chi connectivity index (χ3v) is 8.43. The number of anilines is 1. The van der Waals surface area contributed by atoms with E-state index in [4.69, 9.17) is 4.98 Å². The van der Waals surface area contributed by atoms with Crippen molar-refractivity contribution in [3.8, 4) is 0 Å². The van der Waals surface area contributed by atoms with Gasteiger partial charge in [-0.15, -0.1) is 0 Å². The summed E-state index contributed by atoms with van der Waals surface area (Å²) in [4.78, 5) is 36.0. The van der Waals surface area contributed by atoms with Crippen LogP contribution in [-0.2, 0) is 4.79 Å². The number of rotatable bonds is 4. The molecule has 182 valence electrons. The number of hydrogen-bond donors (Lipinski definition) is 2. The van der Waals surface area contributed by atoms with Crippen LogP contribution in [0, 0.1) is 17.3 Å². The summed E-state index contributed by atoms with van der Waals surface area (Å²) in [5.41, 5.74) is 1.82. The fourth-order valence-corrected chi connectivity index (χ4v) is 6.38. The summed E-state index contributed by atoms with van der Waals surface area (Å²) in [6.45, 7) is 7.00. The van der Waals surface area contributed by atoms with E-state index in [0.29, 0.717) is 35.8 Å². The Morgan fingerprint density at radius 3 is 2.32 bits per heavy atom. The summed E-state index contributed by atoms with van der Waals surface area (Å²) in [7, 11) is 0. The molecule has 1 amide bonds. The van der Waals surface area contributed by atoms with E-state index < -0.39 is 5.97 Å². The van der Waals surface area contributed by atoms with Gasteiger partial charge >= 0.3 is 5.97 Å². The van der Waals surface area contributed by atoms with E-state index in [1.165, 1.54) is 12.8 Å². The summed E-state index contributed by atoms with van der Waals surface area (Å²) in [5, 5.41) is 13.8. The van der Waals surface area contributed by atoms with Gasteiger partial charge in [0.1, 0.15) is 0 Å². The SMILES string of the molecule is CC(C)(C)C1CCC(Nc2ncc3cc(C(=O)N4C5CCC4CC(C(=O)O)C5)ccc3n2)CC1. The molecule has 2 bridgehead atoms. The average molecular weight is 465 g/mol. The Hall–Kier alpha value is -2.70. The molecule has 2 saturated heterocycles. The largest absolute Gasteiger partial charge is 0.481 e. The summed E-state index contributed by atoms with van der Waals surface area (Å²) in [6, 6.07) is 6.08. The van der Waals surface area contributed by atoms with E-state index in [9.17, 15) is 14.7 Å². The van der Waals surface area contributed by atoms with E-state index in [0.717, 1.165) is 42.5 Å². The topological polar surface area (TPSA) is 95.4 Å². The number of nitrogens with zero attached hydrogens (tertiary/aromatic N) is 3. The normalized spacial score (nSPS) is 29.3. The van der Waals surface area contributed by atoms with Gasteiger partial charge in [-0.2, -0.15) is 0 Å². The van der Waals surface area contributed by atoms with Crippen molar-refractivity contribution in [1.82, 2.24) is 14.9 Å². The first-order valence-corrected chi connectivity index (χ1v) is 12.8. The molecule has 34 heavy (non-hydrogen) atoms. The Morgan fingerprint density at radius 2 is 1.71 bits per heavy atom. The van der Waals surface area contributed by atoms with Gasteiger partial charge in [-0.25, -0.2) is 9.97 Å². The number of amides is 1. The van der Waals surface area contributed by atoms with E-state index in [-0.39, 0.29) is 23.9 Å². The number of carboxylic acid groups (broad SMARTS) is 1. The second-order valence-corrected chi connectivity index (χ2v) is 11.6. The maximum absolute atomic E-state index is 13.3. The van der Waals surface area contributed by atoms with Gasteiger partial charge < -0.3 is 15.3 Å². The van der Waals surface area contributed by atoms with Crippen molar-refractivity contribution in [3.63, 3.8) is 0 Å². The van der Waals surface area contributed by atoms with Crippen molar-refractivity contribution in [2.75, 3.05) is 5.32 Å². The highest BCUT2D eigenvalue weighted by molar-refractivity contribution is 5.98. The van der Waals surface area contributed by atoms with Crippen LogP contribution in [-0.4, -0.2) is 50.0 Å². The molecule has 1 aromatic heterocycles. The lowest BCUT2D eigenvalue weighted by Crippen LogP contribution is -2.47. The minimum atomic E-state index is -0.737. The van der Waals surface area contributed by atoms with Gasteiger partial charge in [0.05, 0.1) is 11.4 Å². The van der Waals surface area contributed by atoms with E-state index in [1.54, 1.807) is 6.20 Å². The first-order chi connectivity index (χ1) is 16.2. The van der Waals surface area contributed by atoms with Gasteiger partial charge in [-0.05, 0) is 80.9 Å². The molecule has 7 nitrogen and oxygen atoms in total. The zero-order valence-electron chi connectivity index (χ0n) is 20.5. The van der Waals surface area contributed by atoms with Gasteiger partial charge in [-0.1, -0.05) is 20.8 Å². The first-order valence-electron chi connectivity index (χ1n) is 12.8. The molecule has 5 rings (SSSR count). The highest BCUT2D eigenvalue weighted by Crippen LogP contribution is 2.40. The monoisotopic (exact) mass is 464 g/mol. The average Bonchev–Trinajstić information content (AvgIpc) is 3.06. The highest BCUT2D eigenvalue weighted by atomic mass is 16.4. The Balaban J connectivity index is 1.26. The van der Waals surface area contributed by atoms with Crippen molar-refractivity contribution >= 4 is 28.7 Å². The Morgan fingerprint density at radius 1 is 1.03 bits per heavy atom. The molecule has 2 aliphatic heterocycles.